The van der Waals surface area contributed by atoms with Crippen molar-refractivity contribution in [2.75, 3.05) is 26.7 Å². The number of nitrogens with one attached hydrogen (secondary N) is 1. The van der Waals surface area contributed by atoms with E-state index >= 15 is 0 Å². The van der Waals surface area contributed by atoms with Gasteiger partial charge in [0, 0.05) is 38.8 Å². The molecular formula is C12H21N3O. The second kappa shape index (κ2) is 4.00. The molecule has 0 aromatic rings. The molecule has 1 N–H and O–H groups in total. The Bertz CT molecular complexity index is 294. The topological polar surface area (TPSA) is 35.6 Å². The molecule has 90 valence electrons. The quantitative estimate of drug-likeness (QED) is 0.682. The van der Waals surface area contributed by atoms with Gasteiger partial charge in [-0.25, -0.2) is 0 Å². The average Bonchev–Trinajstić information content (AvgIpc) is 2.74. The minimum Gasteiger partial charge on any atom is -0.344 e. The fraction of sp³-hybridized carbons (Fsp3) is 0.917. The highest BCUT2D eigenvalue weighted by Gasteiger charge is 2.38. The van der Waals surface area contributed by atoms with Crippen molar-refractivity contribution in [1.82, 2.24) is 15.1 Å². The van der Waals surface area contributed by atoms with Gasteiger partial charge in [0.25, 0.3) is 0 Å². The maximum Gasteiger partial charge on any atom is 0.239 e. The highest BCUT2D eigenvalue weighted by Crippen LogP contribution is 2.24. The first-order valence-electron chi connectivity index (χ1n) is 6.49. The Morgan fingerprint density at radius 1 is 1.12 bits per heavy atom. The van der Waals surface area contributed by atoms with Crippen molar-refractivity contribution in [3.8, 4) is 0 Å². The van der Waals surface area contributed by atoms with Crippen LogP contribution in [0.2, 0.25) is 0 Å². The first-order valence-corrected chi connectivity index (χ1v) is 6.49. The van der Waals surface area contributed by atoms with Crippen molar-refractivity contribution in [1.29, 1.82) is 0 Å². The monoisotopic (exact) mass is 223 g/mol. The van der Waals surface area contributed by atoms with E-state index in [9.17, 15) is 4.79 Å². The van der Waals surface area contributed by atoms with Crippen LogP contribution in [0.15, 0.2) is 0 Å². The molecule has 3 heterocycles. The van der Waals surface area contributed by atoms with Crippen molar-refractivity contribution < 1.29 is 4.79 Å². The number of nitrogens with zero attached hydrogens (tertiary/aromatic N) is 2. The Morgan fingerprint density at radius 3 is 2.69 bits per heavy atom. The van der Waals surface area contributed by atoms with Crippen LogP contribution in [-0.2, 0) is 4.79 Å². The average molecular weight is 223 g/mol. The van der Waals surface area contributed by atoms with Gasteiger partial charge >= 0.3 is 0 Å². The van der Waals surface area contributed by atoms with Gasteiger partial charge in [0.15, 0.2) is 0 Å². The zero-order valence-corrected chi connectivity index (χ0v) is 9.98. The molecule has 4 nitrogen and oxygen atoms in total. The molecule has 3 aliphatic rings. The van der Waals surface area contributed by atoms with Gasteiger partial charge in [0.2, 0.25) is 5.91 Å². The number of fused-ring (bicyclic) bond motifs is 2. The lowest BCUT2D eigenvalue weighted by Gasteiger charge is -2.28. The number of amides is 1. The van der Waals surface area contributed by atoms with Gasteiger partial charge in [0.1, 0.15) is 0 Å². The number of carbonyl (C=O) groups excluding carboxylic acids is 1. The molecular weight excluding hydrogens is 202 g/mol. The lowest BCUT2D eigenvalue weighted by atomic mass is 10.1. The van der Waals surface area contributed by atoms with Crippen LogP contribution in [0, 0.1) is 0 Å². The number of hydrogen-bond acceptors (Lipinski definition) is 3. The highest BCUT2D eigenvalue weighted by atomic mass is 16.2. The fourth-order valence-corrected chi connectivity index (χ4v) is 3.40. The van der Waals surface area contributed by atoms with E-state index in [4.69, 9.17) is 0 Å². The second-order valence-corrected chi connectivity index (χ2v) is 5.49. The summed E-state index contributed by atoms with van der Waals surface area (Å²) in [6, 6.07) is 1.52. The van der Waals surface area contributed by atoms with E-state index in [1.54, 1.807) is 0 Å². The molecule has 0 aromatic carbocycles. The van der Waals surface area contributed by atoms with Crippen molar-refractivity contribution in [2.45, 2.75) is 43.8 Å². The second-order valence-electron chi connectivity index (χ2n) is 5.49. The summed E-state index contributed by atoms with van der Waals surface area (Å²) in [6.07, 6.45) is 4.85. The summed E-state index contributed by atoms with van der Waals surface area (Å²) in [4.78, 5) is 16.3. The van der Waals surface area contributed by atoms with Crippen LogP contribution in [0.1, 0.15) is 25.7 Å². The summed E-state index contributed by atoms with van der Waals surface area (Å²) < 4.78 is 0. The summed E-state index contributed by atoms with van der Waals surface area (Å²) in [5, 5.41) is 3.67. The lowest BCUT2D eigenvalue weighted by molar-refractivity contribution is -0.131. The summed E-state index contributed by atoms with van der Waals surface area (Å²) in [6.45, 7) is 3.10. The van der Waals surface area contributed by atoms with Crippen molar-refractivity contribution in [3.63, 3.8) is 0 Å². The Morgan fingerprint density at radius 2 is 1.94 bits per heavy atom. The van der Waals surface area contributed by atoms with E-state index in [-0.39, 0.29) is 6.04 Å². The molecule has 3 unspecified atom stereocenters. The maximum absolute atomic E-state index is 12.0. The molecule has 0 aromatic heterocycles. The molecule has 3 saturated heterocycles. The van der Waals surface area contributed by atoms with Crippen LogP contribution in [0.4, 0.5) is 0 Å². The Kier molecular flexibility index (Phi) is 2.64. The molecule has 2 bridgehead atoms. The molecule has 3 fully saturated rings. The predicted octanol–water partition coefficient (Wildman–Crippen LogP) is 0.0434. The molecule has 0 saturated carbocycles. The van der Waals surface area contributed by atoms with Crippen LogP contribution in [0.5, 0.6) is 0 Å². The first-order chi connectivity index (χ1) is 7.74. The van der Waals surface area contributed by atoms with Crippen LogP contribution in [0.25, 0.3) is 0 Å². The van der Waals surface area contributed by atoms with Gasteiger partial charge in [0.05, 0.1) is 6.04 Å². The van der Waals surface area contributed by atoms with Crippen LogP contribution in [0.3, 0.4) is 0 Å². The van der Waals surface area contributed by atoms with Crippen LogP contribution in [-0.4, -0.2) is 60.5 Å². The number of likely N-dealkylation sites (N-methyl/N-ethyl adjacent to an activating group) is 1. The minimum absolute atomic E-state index is 0.172. The SMILES string of the molecule is CN1CCC(N2CCC3CCC(C2)N3)C1=O. The van der Waals surface area contributed by atoms with Gasteiger partial charge in [-0.05, 0) is 25.7 Å². The van der Waals surface area contributed by atoms with Gasteiger partial charge in [-0.3, -0.25) is 9.69 Å². The zero-order chi connectivity index (χ0) is 11.1. The van der Waals surface area contributed by atoms with E-state index in [1.165, 1.54) is 19.3 Å². The first kappa shape index (κ1) is 10.5. The van der Waals surface area contributed by atoms with Gasteiger partial charge < -0.3 is 10.2 Å². The van der Waals surface area contributed by atoms with E-state index in [0.29, 0.717) is 18.0 Å². The normalized spacial score (nSPS) is 40.4. The third-order valence-corrected chi connectivity index (χ3v) is 4.39. The third-order valence-electron chi connectivity index (χ3n) is 4.39. The van der Waals surface area contributed by atoms with Gasteiger partial charge in [-0.2, -0.15) is 0 Å². The molecule has 16 heavy (non-hydrogen) atoms. The molecule has 0 aliphatic carbocycles. The van der Waals surface area contributed by atoms with Crippen LogP contribution >= 0.6 is 0 Å². The van der Waals surface area contributed by atoms with E-state index in [0.717, 1.165) is 26.1 Å². The van der Waals surface area contributed by atoms with E-state index < -0.39 is 0 Å². The molecule has 3 aliphatic heterocycles. The third kappa shape index (κ3) is 1.74. The Labute approximate surface area is 97.0 Å². The highest BCUT2D eigenvalue weighted by molar-refractivity contribution is 5.83. The molecule has 0 radical (unpaired) electrons. The number of rotatable bonds is 1. The lowest BCUT2D eigenvalue weighted by Crippen LogP contribution is -2.45. The molecule has 0 spiro atoms. The summed E-state index contributed by atoms with van der Waals surface area (Å²) in [5.41, 5.74) is 0. The zero-order valence-electron chi connectivity index (χ0n) is 9.98. The fourth-order valence-electron chi connectivity index (χ4n) is 3.40. The van der Waals surface area contributed by atoms with Crippen molar-refractivity contribution >= 4 is 5.91 Å². The standard InChI is InChI=1S/C12H21N3O/c1-14-6-5-11(12(14)16)15-7-4-9-2-3-10(8-15)13-9/h9-11,13H,2-8H2,1H3. The minimum atomic E-state index is 0.172. The van der Waals surface area contributed by atoms with E-state index in [2.05, 4.69) is 10.2 Å². The summed E-state index contributed by atoms with van der Waals surface area (Å²) in [5.74, 6) is 0.331. The number of likely N-dealkylation sites (tertiary alicyclic amines) is 2. The molecule has 3 rings (SSSR count). The van der Waals surface area contributed by atoms with E-state index in [1.807, 2.05) is 11.9 Å². The smallest absolute Gasteiger partial charge is 0.239 e. The number of hydrogen-bond donors (Lipinski definition) is 1. The largest absolute Gasteiger partial charge is 0.344 e. The van der Waals surface area contributed by atoms with Crippen molar-refractivity contribution in [2.24, 2.45) is 0 Å². The van der Waals surface area contributed by atoms with Gasteiger partial charge in [-0.1, -0.05) is 0 Å². The predicted molar refractivity (Wildman–Crippen MR) is 62.2 cm³/mol. The molecule has 4 heteroatoms. The molecule has 1 amide bonds. The summed E-state index contributed by atoms with van der Waals surface area (Å²) >= 11 is 0. The Balaban J connectivity index is 1.69. The molecule has 3 atom stereocenters. The summed E-state index contributed by atoms with van der Waals surface area (Å²) in [7, 11) is 1.92. The van der Waals surface area contributed by atoms with Gasteiger partial charge in [-0.15, -0.1) is 0 Å². The van der Waals surface area contributed by atoms with Crippen molar-refractivity contribution in [3.05, 3.63) is 0 Å². The number of carbonyl (C=O) groups is 1. The maximum atomic E-state index is 12.0. The Hall–Kier alpha value is -0.610. The van der Waals surface area contributed by atoms with Crippen LogP contribution < -0.4 is 5.32 Å².